The van der Waals surface area contributed by atoms with Crippen molar-refractivity contribution < 1.29 is 18.5 Å². The fourth-order valence-corrected chi connectivity index (χ4v) is 3.70. The Bertz CT molecular complexity index is 179. The molecule has 0 aliphatic carbocycles. The summed E-state index contributed by atoms with van der Waals surface area (Å²) in [4.78, 5) is 9.08. The molecule has 0 aliphatic heterocycles. The summed E-state index contributed by atoms with van der Waals surface area (Å²) in [6.07, 6.45) is 1.55. The molecule has 0 fully saturated rings. The Morgan fingerprint density at radius 3 is 2.55 bits per heavy atom. The van der Waals surface area contributed by atoms with E-state index in [1.165, 1.54) is 7.11 Å². The third-order valence-electron chi connectivity index (χ3n) is 1.27. The first-order chi connectivity index (χ1) is 5.04. The molecule has 0 aromatic rings. The third kappa shape index (κ3) is 4.07. The van der Waals surface area contributed by atoms with E-state index in [1.54, 1.807) is 0 Å². The zero-order valence-corrected chi connectivity index (χ0v) is 8.63. The van der Waals surface area contributed by atoms with Crippen molar-refractivity contribution in [3.05, 3.63) is 0 Å². The highest BCUT2D eigenvalue weighted by Crippen LogP contribution is 2.65. The molecule has 6 heteroatoms. The van der Waals surface area contributed by atoms with E-state index in [9.17, 15) is 9.13 Å². The van der Waals surface area contributed by atoms with E-state index in [0.29, 0.717) is 6.42 Å². The molecular weight excluding hydrogens is 186 g/mol. The standard InChI is InChI=1S/C5H14O4P2/c1-3-4-5-11(7,8)10(6)9-2/h10H,3-5H2,1-2H3,(H,7,8). The molecule has 1 N–H and O–H groups in total. The molecule has 0 saturated heterocycles. The van der Waals surface area contributed by atoms with Crippen LogP contribution in [0.25, 0.3) is 0 Å². The largest absolute Gasteiger partial charge is 0.338 e. The van der Waals surface area contributed by atoms with E-state index in [0.717, 1.165) is 6.42 Å². The van der Waals surface area contributed by atoms with Crippen molar-refractivity contribution in [3.63, 3.8) is 0 Å². The molecule has 0 aromatic heterocycles. The summed E-state index contributed by atoms with van der Waals surface area (Å²) >= 11 is 0. The van der Waals surface area contributed by atoms with E-state index in [2.05, 4.69) is 4.52 Å². The molecule has 0 spiro atoms. The number of rotatable bonds is 5. The van der Waals surface area contributed by atoms with E-state index < -0.39 is 14.8 Å². The van der Waals surface area contributed by atoms with Gasteiger partial charge in [-0.05, 0) is 6.42 Å². The summed E-state index contributed by atoms with van der Waals surface area (Å²) in [7, 11) is -5.00. The lowest BCUT2D eigenvalue weighted by molar-refractivity contribution is 0.413. The topological polar surface area (TPSA) is 63.6 Å². The maximum absolute atomic E-state index is 11.1. The average Bonchev–Trinajstić information content (AvgIpc) is 1.99. The Labute approximate surface area is 67.2 Å². The van der Waals surface area contributed by atoms with Gasteiger partial charge in [-0.15, -0.1) is 0 Å². The minimum absolute atomic E-state index is 0.106. The van der Waals surface area contributed by atoms with E-state index in [1.807, 2.05) is 6.92 Å². The summed E-state index contributed by atoms with van der Waals surface area (Å²) in [5.41, 5.74) is 0. The SMILES string of the molecule is CCCCP(=O)(O)[PH](=O)OC. The minimum Gasteiger partial charge on any atom is -0.338 e. The summed E-state index contributed by atoms with van der Waals surface area (Å²) < 4.78 is 26.2. The van der Waals surface area contributed by atoms with Crippen LogP contribution in [0.2, 0.25) is 0 Å². The Morgan fingerprint density at radius 2 is 2.18 bits per heavy atom. The van der Waals surface area contributed by atoms with Gasteiger partial charge in [0.2, 0.25) is 0 Å². The second kappa shape index (κ2) is 5.10. The summed E-state index contributed by atoms with van der Waals surface area (Å²) in [5.74, 6) is 0. The van der Waals surface area contributed by atoms with E-state index in [4.69, 9.17) is 4.89 Å². The molecule has 0 amide bonds. The quantitative estimate of drug-likeness (QED) is 0.690. The van der Waals surface area contributed by atoms with Crippen LogP contribution < -0.4 is 0 Å². The Morgan fingerprint density at radius 1 is 1.64 bits per heavy atom. The van der Waals surface area contributed by atoms with Crippen molar-refractivity contribution in [1.82, 2.24) is 0 Å². The van der Waals surface area contributed by atoms with Gasteiger partial charge in [0, 0.05) is 13.3 Å². The van der Waals surface area contributed by atoms with Gasteiger partial charge in [0.25, 0.3) is 14.8 Å². The monoisotopic (exact) mass is 200 g/mol. The number of hydrogen-bond acceptors (Lipinski definition) is 3. The Kier molecular flexibility index (Phi) is 5.28. The van der Waals surface area contributed by atoms with Crippen molar-refractivity contribution >= 4 is 14.8 Å². The Hall–Kier alpha value is 0.380. The van der Waals surface area contributed by atoms with Crippen molar-refractivity contribution in [1.29, 1.82) is 0 Å². The molecule has 0 aliphatic rings. The second-order valence-corrected chi connectivity index (χ2v) is 8.23. The first-order valence-corrected chi connectivity index (χ1v) is 7.45. The van der Waals surface area contributed by atoms with Gasteiger partial charge >= 0.3 is 0 Å². The van der Waals surface area contributed by atoms with Gasteiger partial charge < -0.3 is 9.42 Å². The van der Waals surface area contributed by atoms with Crippen molar-refractivity contribution in [2.45, 2.75) is 19.8 Å². The molecule has 0 heterocycles. The van der Waals surface area contributed by atoms with Crippen LogP contribution in [0.4, 0.5) is 0 Å². The summed E-state index contributed by atoms with van der Waals surface area (Å²) in [5, 5.41) is 0. The lowest BCUT2D eigenvalue weighted by Crippen LogP contribution is -1.84. The smallest absolute Gasteiger partial charge is 0.279 e. The van der Waals surface area contributed by atoms with Crippen LogP contribution in [-0.4, -0.2) is 18.2 Å². The maximum Gasteiger partial charge on any atom is 0.279 e. The molecule has 0 radical (unpaired) electrons. The molecule has 2 unspecified atom stereocenters. The predicted molar refractivity (Wildman–Crippen MR) is 45.6 cm³/mol. The lowest BCUT2D eigenvalue weighted by Gasteiger charge is -2.07. The first kappa shape index (κ1) is 11.4. The zero-order chi connectivity index (χ0) is 8.91. The van der Waals surface area contributed by atoms with Gasteiger partial charge in [-0.25, -0.2) is 0 Å². The molecule has 68 valence electrons. The van der Waals surface area contributed by atoms with Crippen LogP contribution in [0.1, 0.15) is 19.8 Å². The van der Waals surface area contributed by atoms with Crippen LogP contribution in [0.5, 0.6) is 0 Å². The normalized spacial score (nSPS) is 19.2. The number of unbranched alkanes of at least 4 members (excludes halogenated alkanes) is 1. The fourth-order valence-electron chi connectivity index (χ4n) is 0.606. The van der Waals surface area contributed by atoms with E-state index >= 15 is 0 Å². The van der Waals surface area contributed by atoms with Crippen molar-refractivity contribution in [2.24, 2.45) is 0 Å². The molecule has 0 rings (SSSR count). The maximum atomic E-state index is 11.1. The van der Waals surface area contributed by atoms with Crippen LogP contribution >= 0.6 is 14.8 Å². The second-order valence-electron chi connectivity index (χ2n) is 2.25. The summed E-state index contributed by atoms with van der Waals surface area (Å²) in [6, 6.07) is 0. The zero-order valence-electron chi connectivity index (χ0n) is 6.74. The van der Waals surface area contributed by atoms with Crippen LogP contribution in [0.15, 0.2) is 0 Å². The van der Waals surface area contributed by atoms with Crippen LogP contribution in [-0.2, 0) is 13.7 Å². The highest BCUT2D eigenvalue weighted by Gasteiger charge is 2.25. The Balaban J connectivity index is 4.00. The molecular formula is C5H14O4P2. The fraction of sp³-hybridized carbons (Fsp3) is 1.00. The first-order valence-electron chi connectivity index (χ1n) is 3.45. The highest BCUT2D eigenvalue weighted by molar-refractivity contribution is 8.23. The number of hydrogen-bond donors (Lipinski definition) is 1. The van der Waals surface area contributed by atoms with Crippen molar-refractivity contribution in [3.8, 4) is 0 Å². The van der Waals surface area contributed by atoms with Gasteiger partial charge in [-0.3, -0.25) is 9.13 Å². The minimum atomic E-state index is -3.48. The molecule has 0 saturated carbocycles. The lowest BCUT2D eigenvalue weighted by atomic mass is 10.4. The van der Waals surface area contributed by atoms with Gasteiger partial charge in [0.15, 0.2) is 0 Å². The van der Waals surface area contributed by atoms with Crippen LogP contribution in [0.3, 0.4) is 0 Å². The molecule has 11 heavy (non-hydrogen) atoms. The van der Waals surface area contributed by atoms with Gasteiger partial charge in [-0.1, -0.05) is 13.3 Å². The molecule has 0 bridgehead atoms. The van der Waals surface area contributed by atoms with Crippen LogP contribution in [0, 0.1) is 0 Å². The predicted octanol–water partition coefficient (Wildman–Crippen LogP) is 2.09. The third-order valence-corrected chi connectivity index (χ3v) is 6.05. The molecule has 2 atom stereocenters. The van der Waals surface area contributed by atoms with Gasteiger partial charge in [0.1, 0.15) is 0 Å². The average molecular weight is 200 g/mol. The van der Waals surface area contributed by atoms with Gasteiger partial charge in [0.05, 0.1) is 0 Å². The highest BCUT2D eigenvalue weighted by atomic mass is 32.1. The molecule has 0 aromatic carbocycles. The molecule has 4 nitrogen and oxygen atoms in total. The van der Waals surface area contributed by atoms with Crippen molar-refractivity contribution in [2.75, 3.05) is 13.3 Å². The summed E-state index contributed by atoms with van der Waals surface area (Å²) in [6.45, 7) is 1.91. The van der Waals surface area contributed by atoms with E-state index in [-0.39, 0.29) is 6.16 Å². The van der Waals surface area contributed by atoms with Gasteiger partial charge in [-0.2, -0.15) is 0 Å².